The Morgan fingerprint density at radius 3 is 2.95 bits per heavy atom. The Balaban J connectivity index is 1.92. The van der Waals surface area contributed by atoms with Crippen LogP contribution in [0.1, 0.15) is 18.4 Å². The van der Waals surface area contributed by atoms with Crippen molar-refractivity contribution < 1.29 is 4.74 Å². The van der Waals surface area contributed by atoms with E-state index in [1.54, 1.807) is 18.4 Å². The second-order valence-electron chi connectivity index (χ2n) is 4.61. The Morgan fingerprint density at radius 2 is 2.32 bits per heavy atom. The Bertz CT molecular complexity index is 554. The lowest BCUT2D eigenvalue weighted by molar-refractivity contribution is 0.399. The Labute approximate surface area is 116 Å². The van der Waals surface area contributed by atoms with Crippen LogP contribution in [0.15, 0.2) is 23.2 Å². The first-order valence-corrected chi connectivity index (χ1v) is 7.16. The first-order valence-electron chi connectivity index (χ1n) is 6.21. The van der Waals surface area contributed by atoms with Crippen LogP contribution in [0, 0.1) is 0 Å². The van der Waals surface area contributed by atoms with Gasteiger partial charge in [0.15, 0.2) is 5.82 Å². The normalized spacial score (nSPS) is 14.4. The zero-order valence-electron chi connectivity index (χ0n) is 10.7. The van der Waals surface area contributed by atoms with Crippen molar-refractivity contribution in [3.8, 4) is 5.88 Å². The maximum absolute atomic E-state index is 6.10. The van der Waals surface area contributed by atoms with Gasteiger partial charge in [-0.15, -0.1) is 0 Å². The van der Waals surface area contributed by atoms with Crippen LogP contribution in [0.25, 0.3) is 0 Å². The van der Waals surface area contributed by atoms with Crippen LogP contribution in [0.2, 0.25) is 0 Å². The second kappa shape index (κ2) is 5.05. The van der Waals surface area contributed by atoms with Crippen molar-refractivity contribution in [1.29, 1.82) is 0 Å². The molecule has 1 aliphatic rings. The maximum atomic E-state index is 6.10. The minimum Gasteiger partial charge on any atom is -0.479 e. The van der Waals surface area contributed by atoms with Crippen LogP contribution in [0.5, 0.6) is 5.88 Å². The monoisotopic (exact) mass is 276 g/mol. The number of hydrogen-bond acceptors (Lipinski definition) is 6. The molecule has 0 amide bonds. The molecule has 6 heteroatoms. The topological polar surface area (TPSA) is 64.3 Å². The van der Waals surface area contributed by atoms with E-state index in [2.05, 4.69) is 31.7 Å². The molecule has 2 aromatic heterocycles. The molecule has 0 saturated heterocycles. The molecule has 1 saturated carbocycles. The van der Waals surface area contributed by atoms with E-state index in [9.17, 15) is 0 Å². The summed E-state index contributed by atoms with van der Waals surface area (Å²) in [6, 6.07) is 2.66. The van der Waals surface area contributed by atoms with Gasteiger partial charge >= 0.3 is 0 Å². The molecule has 2 heterocycles. The van der Waals surface area contributed by atoms with Gasteiger partial charge < -0.3 is 15.4 Å². The number of hydrogen-bond donors (Lipinski definition) is 1. The molecule has 5 nitrogen and oxygen atoms in total. The average Bonchev–Trinajstić information content (AvgIpc) is 3.14. The summed E-state index contributed by atoms with van der Waals surface area (Å²) in [5.41, 5.74) is 7.91. The van der Waals surface area contributed by atoms with Gasteiger partial charge in [-0.25, -0.2) is 4.98 Å². The molecule has 0 spiro atoms. The number of aromatic nitrogens is 2. The minimum atomic E-state index is 0.445. The van der Waals surface area contributed by atoms with Crippen LogP contribution in [-0.4, -0.2) is 23.1 Å². The molecule has 0 aliphatic heterocycles. The van der Waals surface area contributed by atoms with E-state index in [-0.39, 0.29) is 0 Å². The first-order chi connectivity index (χ1) is 9.29. The largest absolute Gasteiger partial charge is 0.479 e. The van der Waals surface area contributed by atoms with Crippen molar-refractivity contribution in [3.63, 3.8) is 0 Å². The molecule has 100 valence electrons. The van der Waals surface area contributed by atoms with Gasteiger partial charge in [-0.3, -0.25) is 0 Å². The van der Waals surface area contributed by atoms with Gasteiger partial charge in [0.05, 0.1) is 7.11 Å². The van der Waals surface area contributed by atoms with Crippen LogP contribution >= 0.6 is 11.3 Å². The maximum Gasteiger partial charge on any atom is 0.242 e. The molecule has 2 aromatic rings. The molecule has 19 heavy (non-hydrogen) atoms. The fraction of sp³-hybridized carbons (Fsp3) is 0.385. The van der Waals surface area contributed by atoms with E-state index in [4.69, 9.17) is 10.5 Å². The van der Waals surface area contributed by atoms with Crippen molar-refractivity contribution in [2.45, 2.75) is 25.4 Å². The molecular formula is C13H16N4OS. The van der Waals surface area contributed by atoms with E-state index >= 15 is 0 Å². The molecule has 0 aromatic carbocycles. The van der Waals surface area contributed by atoms with Gasteiger partial charge in [0.1, 0.15) is 12.0 Å². The highest BCUT2D eigenvalue weighted by Crippen LogP contribution is 2.37. The molecule has 0 unspecified atom stereocenters. The zero-order chi connectivity index (χ0) is 13.2. The molecular weight excluding hydrogens is 260 g/mol. The lowest BCUT2D eigenvalue weighted by Crippen LogP contribution is -2.27. The smallest absolute Gasteiger partial charge is 0.242 e. The molecule has 0 radical (unpaired) electrons. The van der Waals surface area contributed by atoms with Gasteiger partial charge in [-0.1, -0.05) is 0 Å². The quantitative estimate of drug-likeness (QED) is 0.907. The zero-order valence-corrected chi connectivity index (χ0v) is 11.6. The van der Waals surface area contributed by atoms with Gasteiger partial charge in [0.2, 0.25) is 5.88 Å². The molecule has 3 rings (SSSR count). The number of methoxy groups -OCH3 is 1. The van der Waals surface area contributed by atoms with Crippen molar-refractivity contribution in [1.82, 2.24) is 9.97 Å². The predicted molar refractivity (Wildman–Crippen MR) is 76.5 cm³/mol. The number of nitrogens with zero attached hydrogens (tertiary/aromatic N) is 3. The van der Waals surface area contributed by atoms with Crippen molar-refractivity contribution >= 4 is 22.8 Å². The van der Waals surface area contributed by atoms with Crippen molar-refractivity contribution in [2.24, 2.45) is 0 Å². The van der Waals surface area contributed by atoms with E-state index in [1.807, 2.05) is 0 Å². The third kappa shape index (κ3) is 2.49. The van der Waals surface area contributed by atoms with Gasteiger partial charge in [-0.05, 0) is 35.2 Å². The average molecular weight is 276 g/mol. The van der Waals surface area contributed by atoms with Crippen LogP contribution in [0.3, 0.4) is 0 Å². The molecule has 0 atom stereocenters. The summed E-state index contributed by atoms with van der Waals surface area (Å²) < 4.78 is 5.17. The van der Waals surface area contributed by atoms with Crippen molar-refractivity contribution in [3.05, 3.63) is 28.7 Å². The fourth-order valence-electron chi connectivity index (χ4n) is 2.10. The lowest BCUT2D eigenvalue weighted by Gasteiger charge is -2.24. The minimum absolute atomic E-state index is 0.445. The predicted octanol–water partition coefficient (Wildman–Crippen LogP) is 2.30. The highest BCUT2D eigenvalue weighted by atomic mass is 32.1. The summed E-state index contributed by atoms with van der Waals surface area (Å²) in [7, 11) is 1.57. The Hall–Kier alpha value is -1.82. The van der Waals surface area contributed by atoms with E-state index < -0.39 is 0 Å². The summed E-state index contributed by atoms with van der Waals surface area (Å²) in [6.45, 7) is 0.832. The number of ether oxygens (including phenoxy) is 1. The number of nitrogens with two attached hydrogens (primary N) is 1. The van der Waals surface area contributed by atoms with Crippen LogP contribution in [0.4, 0.5) is 11.5 Å². The molecule has 2 N–H and O–H groups in total. The number of rotatable bonds is 5. The SMILES string of the molecule is COc1ncnc(N(Cc2ccsc2)C2CC2)c1N. The van der Waals surface area contributed by atoms with E-state index in [0.717, 1.165) is 12.4 Å². The number of thiophene rings is 1. The Morgan fingerprint density at radius 1 is 1.47 bits per heavy atom. The summed E-state index contributed by atoms with van der Waals surface area (Å²) in [5.74, 6) is 1.22. The highest BCUT2D eigenvalue weighted by Gasteiger charge is 2.32. The first kappa shape index (κ1) is 12.2. The van der Waals surface area contributed by atoms with Gasteiger partial charge in [0.25, 0.3) is 0 Å². The van der Waals surface area contributed by atoms with Gasteiger partial charge in [0, 0.05) is 12.6 Å². The van der Waals surface area contributed by atoms with Crippen molar-refractivity contribution in [2.75, 3.05) is 17.7 Å². The molecule has 1 aliphatic carbocycles. The Kier molecular flexibility index (Phi) is 3.25. The van der Waals surface area contributed by atoms with Crippen LogP contribution < -0.4 is 15.4 Å². The third-order valence-electron chi connectivity index (χ3n) is 3.21. The lowest BCUT2D eigenvalue weighted by atomic mass is 10.3. The summed E-state index contributed by atoms with van der Waals surface area (Å²) in [4.78, 5) is 10.6. The molecule has 1 fully saturated rings. The van der Waals surface area contributed by atoms with E-state index in [1.165, 1.54) is 24.7 Å². The number of anilines is 2. The fourth-order valence-corrected chi connectivity index (χ4v) is 2.76. The summed E-state index contributed by atoms with van der Waals surface area (Å²) in [5, 5.41) is 4.24. The van der Waals surface area contributed by atoms with Crippen LogP contribution in [-0.2, 0) is 6.54 Å². The summed E-state index contributed by atoms with van der Waals surface area (Å²) in [6.07, 6.45) is 3.89. The second-order valence-corrected chi connectivity index (χ2v) is 5.39. The highest BCUT2D eigenvalue weighted by molar-refractivity contribution is 7.07. The standard InChI is InChI=1S/C13H16N4OS/c1-18-13-11(14)12(15-8-16-13)17(10-2-3-10)6-9-4-5-19-7-9/h4-5,7-8,10H,2-3,6,14H2,1H3. The summed E-state index contributed by atoms with van der Waals surface area (Å²) >= 11 is 1.71. The van der Waals surface area contributed by atoms with Gasteiger partial charge in [-0.2, -0.15) is 16.3 Å². The third-order valence-corrected chi connectivity index (χ3v) is 3.94. The molecule has 0 bridgehead atoms. The number of nitrogen functional groups attached to an aromatic ring is 1. The van der Waals surface area contributed by atoms with E-state index in [0.29, 0.717) is 17.6 Å².